The molecule has 0 bridgehead atoms. The minimum atomic E-state index is 0.759. The third-order valence-electron chi connectivity index (χ3n) is 3.59. The van der Waals surface area contributed by atoms with Crippen LogP contribution in [-0.2, 0) is 6.42 Å². The van der Waals surface area contributed by atoms with E-state index in [1.165, 1.54) is 37.7 Å². The van der Waals surface area contributed by atoms with Crippen LogP contribution in [0.5, 0.6) is 5.75 Å². The lowest BCUT2D eigenvalue weighted by molar-refractivity contribution is 0.375. The molecule has 0 heterocycles. The molecule has 0 atom stereocenters. The van der Waals surface area contributed by atoms with Gasteiger partial charge in [0.2, 0.25) is 0 Å². The Labute approximate surface area is 104 Å². The molecule has 1 aliphatic carbocycles. The van der Waals surface area contributed by atoms with Crippen molar-refractivity contribution in [3.8, 4) is 5.75 Å². The summed E-state index contributed by atoms with van der Waals surface area (Å²) < 4.78 is 5.23. The summed E-state index contributed by atoms with van der Waals surface area (Å²) >= 11 is 0. The van der Waals surface area contributed by atoms with E-state index < -0.39 is 0 Å². The molecule has 0 unspecified atom stereocenters. The van der Waals surface area contributed by atoms with Crippen LogP contribution in [0.25, 0.3) is 0 Å². The lowest BCUT2D eigenvalue weighted by atomic mass is 9.95. The fourth-order valence-electron chi connectivity index (χ4n) is 2.56. The minimum Gasteiger partial charge on any atom is -0.497 e. The van der Waals surface area contributed by atoms with E-state index in [1.807, 2.05) is 6.07 Å². The van der Waals surface area contributed by atoms with E-state index in [4.69, 9.17) is 4.74 Å². The summed E-state index contributed by atoms with van der Waals surface area (Å²) in [7, 11) is 1.72. The molecule has 1 aromatic rings. The Morgan fingerprint density at radius 3 is 2.82 bits per heavy atom. The SMILES string of the molecule is COc1cccc(CCNC2CCCCC2)c1. The summed E-state index contributed by atoms with van der Waals surface area (Å²) in [5.41, 5.74) is 1.35. The molecule has 2 nitrogen and oxygen atoms in total. The highest BCUT2D eigenvalue weighted by Crippen LogP contribution is 2.17. The fraction of sp³-hybridized carbons (Fsp3) is 0.600. The normalized spacial score (nSPS) is 17.0. The maximum atomic E-state index is 5.23. The zero-order valence-corrected chi connectivity index (χ0v) is 10.7. The Morgan fingerprint density at radius 1 is 1.24 bits per heavy atom. The van der Waals surface area contributed by atoms with Crippen LogP contribution in [0, 0.1) is 0 Å². The molecule has 0 aromatic heterocycles. The number of rotatable bonds is 5. The van der Waals surface area contributed by atoms with Crippen molar-refractivity contribution in [2.75, 3.05) is 13.7 Å². The molecule has 0 spiro atoms. The molecule has 1 aliphatic rings. The highest BCUT2D eigenvalue weighted by atomic mass is 16.5. The van der Waals surface area contributed by atoms with E-state index >= 15 is 0 Å². The molecule has 2 heteroatoms. The molecular formula is C15H23NO. The molecule has 2 rings (SSSR count). The largest absolute Gasteiger partial charge is 0.497 e. The van der Waals surface area contributed by atoms with Crippen molar-refractivity contribution in [2.24, 2.45) is 0 Å². The Hall–Kier alpha value is -1.02. The summed E-state index contributed by atoms with van der Waals surface area (Å²) in [5.74, 6) is 0.958. The first-order valence-electron chi connectivity index (χ1n) is 6.75. The molecule has 0 radical (unpaired) electrons. The van der Waals surface area contributed by atoms with Gasteiger partial charge in [0.05, 0.1) is 7.11 Å². The van der Waals surface area contributed by atoms with Crippen LogP contribution in [-0.4, -0.2) is 19.7 Å². The van der Waals surface area contributed by atoms with Gasteiger partial charge in [0.15, 0.2) is 0 Å². The molecule has 1 saturated carbocycles. The van der Waals surface area contributed by atoms with Gasteiger partial charge < -0.3 is 10.1 Å². The molecule has 1 N–H and O–H groups in total. The van der Waals surface area contributed by atoms with Gasteiger partial charge in [-0.1, -0.05) is 31.4 Å². The lowest BCUT2D eigenvalue weighted by Gasteiger charge is -2.22. The molecule has 0 aliphatic heterocycles. The van der Waals surface area contributed by atoms with E-state index in [1.54, 1.807) is 7.11 Å². The van der Waals surface area contributed by atoms with Crippen molar-refractivity contribution in [2.45, 2.75) is 44.6 Å². The second-order valence-electron chi connectivity index (χ2n) is 4.89. The van der Waals surface area contributed by atoms with E-state index in [-0.39, 0.29) is 0 Å². The fourth-order valence-corrected chi connectivity index (χ4v) is 2.56. The first-order valence-corrected chi connectivity index (χ1v) is 6.75. The Balaban J connectivity index is 1.73. The van der Waals surface area contributed by atoms with Crippen molar-refractivity contribution in [1.82, 2.24) is 5.32 Å². The number of hydrogen-bond donors (Lipinski definition) is 1. The minimum absolute atomic E-state index is 0.759. The number of methoxy groups -OCH3 is 1. The first-order chi connectivity index (χ1) is 8.38. The second kappa shape index (κ2) is 6.65. The zero-order valence-electron chi connectivity index (χ0n) is 10.7. The van der Waals surface area contributed by atoms with Crippen LogP contribution < -0.4 is 10.1 Å². The van der Waals surface area contributed by atoms with Crippen LogP contribution >= 0.6 is 0 Å². The summed E-state index contributed by atoms with van der Waals surface area (Å²) in [6, 6.07) is 9.12. The molecule has 94 valence electrons. The van der Waals surface area contributed by atoms with Crippen molar-refractivity contribution in [1.29, 1.82) is 0 Å². The van der Waals surface area contributed by atoms with E-state index in [2.05, 4.69) is 23.5 Å². The monoisotopic (exact) mass is 233 g/mol. The van der Waals surface area contributed by atoms with Gasteiger partial charge in [-0.05, 0) is 43.5 Å². The number of nitrogens with one attached hydrogen (secondary N) is 1. The van der Waals surface area contributed by atoms with Crippen molar-refractivity contribution >= 4 is 0 Å². The topological polar surface area (TPSA) is 21.3 Å². The van der Waals surface area contributed by atoms with Gasteiger partial charge >= 0.3 is 0 Å². The molecular weight excluding hydrogens is 210 g/mol. The third-order valence-corrected chi connectivity index (χ3v) is 3.59. The number of benzene rings is 1. The average molecular weight is 233 g/mol. The summed E-state index contributed by atoms with van der Waals surface area (Å²) in [6.45, 7) is 1.08. The third kappa shape index (κ3) is 4.04. The number of hydrogen-bond acceptors (Lipinski definition) is 2. The maximum Gasteiger partial charge on any atom is 0.119 e. The van der Waals surface area contributed by atoms with Gasteiger partial charge in [-0.15, -0.1) is 0 Å². The molecule has 0 amide bonds. The van der Waals surface area contributed by atoms with E-state index in [0.717, 1.165) is 24.8 Å². The average Bonchev–Trinajstić information content (AvgIpc) is 2.40. The quantitative estimate of drug-likeness (QED) is 0.843. The highest BCUT2D eigenvalue weighted by molar-refractivity contribution is 5.28. The zero-order chi connectivity index (χ0) is 11.9. The van der Waals surface area contributed by atoms with Crippen molar-refractivity contribution < 1.29 is 4.74 Å². The second-order valence-corrected chi connectivity index (χ2v) is 4.89. The standard InChI is InChI=1S/C15H23NO/c1-17-15-9-5-6-13(12-15)10-11-16-14-7-3-2-4-8-14/h5-6,9,12,14,16H,2-4,7-8,10-11H2,1H3. The van der Waals surface area contributed by atoms with Gasteiger partial charge in [0.25, 0.3) is 0 Å². The Bertz CT molecular complexity index is 331. The molecule has 17 heavy (non-hydrogen) atoms. The smallest absolute Gasteiger partial charge is 0.119 e. The molecule has 1 aromatic carbocycles. The van der Waals surface area contributed by atoms with Gasteiger partial charge in [0, 0.05) is 6.04 Å². The summed E-state index contributed by atoms with van der Waals surface area (Å²) in [4.78, 5) is 0. The predicted octanol–water partition coefficient (Wildman–Crippen LogP) is 3.16. The van der Waals surface area contributed by atoms with Crippen LogP contribution in [0.4, 0.5) is 0 Å². The summed E-state index contributed by atoms with van der Waals surface area (Å²) in [5, 5.41) is 3.67. The number of ether oxygens (including phenoxy) is 1. The maximum absolute atomic E-state index is 5.23. The summed E-state index contributed by atoms with van der Waals surface area (Å²) in [6.07, 6.45) is 8.03. The lowest BCUT2D eigenvalue weighted by Crippen LogP contribution is -2.32. The molecule has 1 fully saturated rings. The highest BCUT2D eigenvalue weighted by Gasteiger charge is 2.11. The van der Waals surface area contributed by atoms with E-state index in [9.17, 15) is 0 Å². The van der Waals surface area contributed by atoms with Crippen LogP contribution in [0.1, 0.15) is 37.7 Å². The Morgan fingerprint density at radius 2 is 2.06 bits per heavy atom. The van der Waals surface area contributed by atoms with Gasteiger partial charge in [0.1, 0.15) is 5.75 Å². The van der Waals surface area contributed by atoms with Gasteiger partial charge in [-0.3, -0.25) is 0 Å². The predicted molar refractivity (Wildman–Crippen MR) is 71.6 cm³/mol. The van der Waals surface area contributed by atoms with Gasteiger partial charge in [-0.25, -0.2) is 0 Å². The van der Waals surface area contributed by atoms with E-state index in [0.29, 0.717) is 0 Å². The van der Waals surface area contributed by atoms with Crippen molar-refractivity contribution in [3.05, 3.63) is 29.8 Å². The van der Waals surface area contributed by atoms with Gasteiger partial charge in [-0.2, -0.15) is 0 Å². The Kier molecular flexibility index (Phi) is 4.87. The first kappa shape index (κ1) is 12.4. The molecule has 0 saturated heterocycles. The van der Waals surface area contributed by atoms with Crippen LogP contribution in [0.2, 0.25) is 0 Å². The van der Waals surface area contributed by atoms with Crippen LogP contribution in [0.3, 0.4) is 0 Å². The van der Waals surface area contributed by atoms with Crippen molar-refractivity contribution in [3.63, 3.8) is 0 Å². The van der Waals surface area contributed by atoms with Crippen LogP contribution in [0.15, 0.2) is 24.3 Å².